The number of rotatable bonds is 3. The molecule has 0 atom stereocenters. The van der Waals surface area contributed by atoms with Crippen molar-refractivity contribution in [3.63, 3.8) is 0 Å². The van der Waals surface area contributed by atoms with Crippen molar-refractivity contribution in [2.24, 2.45) is 5.41 Å². The van der Waals surface area contributed by atoms with Gasteiger partial charge in [-0.15, -0.1) is 11.6 Å². The summed E-state index contributed by atoms with van der Waals surface area (Å²) in [6.07, 6.45) is 3.51. The molecule has 0 aliphatic heterocycles. The lowest BCUT2D eigenvalue weighted by molar-refractivity contribution is -0.120. The van der Waals surface area contributed by atoms with Crippen LogP contribution in [0.15, 0.2) is 0 Å². The van der Waals surface area contributed by atoms with Gasteiger partial charge in [0.1, 0.15) is 5.88 Å². The molecule has 88 valence electrons. The topological polar surface area (TPSA) is 49.3 Å². The summed E-state index contributed by atoms with van der Waals surface area (Å²) in [7, 11) is 0. The number of halogens is 1. The first-order chi connectivity index (χ1) is 6.87. The van der Waals surface area contributed by atoms with Crippen molar-refractivity contribution < 1.29 is 9.90 Å². The zero-order valence-corrected chi connectivity index (χ0v) is 10.2. The van der Waals surface area contributed by atoms with Crippen LogP contribution in [-0.4, -0.2) is 29.0 Å². The maximum atomic E-state index is 11.0. The second kappa shape index (κ2) is 4.71. The second-order valence-corrected chi connectivity index (χ2v) is 5.57. The molecule has 4 heteroatoms. The molecule has 1 aliphatic carbocycles. The Kier molecular flexibility index (Phi) is 4.01. The van der Waals surface area contributed by atoms with Gasteiger partial charge in [0.15, 0.2) is 0 Å². The summed E-state index contributed by atoms with van der Waals surface area (Å²) in [5.74, 6) is -0.253. The van der Waals surface area contributed by atoms with Gasteiger partial charge < -0.3 is 10.4 Å². The minimum absolute atomic E-state index is 0.0401. The van der Waals surface area contributed by atoms with E-state index in [2.05, 4.69) is 19.2 Å². The number of hydrogen-bond acceptors (Lipinski definition) is 2. The maximum absolute atomic E-state index is 11.0. The summed E-state index contributed by atoms with van der Waals surface area (Å²) < 4.78 is 0. The fourth-order valence-electron chi connectivity index (χ4n) is 1.88. The molecule has 1 amide bonds. The highest BCUT2D eigenvalue weighted by molar-refractivity contribution is 6.27. The van der Waals surface area contributed by atoms with Crippen molar-refractivity contribution in [1.29, 1.82) is 0 Å². The fraction of sp³-hybridized carbons (Fsp3) is 0.909. The summed E-state index contributed by atoms with van der Waals surface area (Å²) in [5.41, 5.74) is -0.403. The van der Waals surface area contributed by atoms with Crippen molar-refractivity contribution in [2.45, 2.75) is 45.1 Å². The largest absolute Gasteiger partial charge is 0.388 e. The van der Waals surface area contributed by atoms with Crippen molar-refractivity contribution in [2.75, 3.05) is 12.4 Å². The minimum atomic E-state index is -0.725. The van der Waals surface area contributed by atoms with Gasteiger partial charge in [-0.3, -0.25) is 4.79 Å². The molecule has 0 spiro atoms. The van der Waals surface area contributed by atoms with E-state index in [-0.39, 0.29) is 11.8 Å². The Morgan fingerprint density at radius 3 is 2.33 bits per heavy atom. The van der Waals surface area contributed by atoms with E-state index in [1.807, 2.05) is 0 Å². The van der Waals surface area contributed by atoms with Crippen molar-refractivity contribution in [1.82, 2.24) is 5.32 Å². The highest BCUT2D eigenvalue weighted by Gasteiger charge is 2.36. The Labute approximate surface area is 96.2 Å². The Balaban J connectivity index is 2.38. The van der Waals surface area contributed by atoms with E-state index in [0.29, 0.717) is 12.0 Å². The summed E-state index contributed by atoms with van der Waals surface area (Å²) in [6.45, 7) is 4.75. The van der Waals surface area contributed by atoms with Gasteiger partial charge in [0.2, 0.25) is 5.91 Å². The Bertz CT molecular complexity index is 231. The van der Waals surface area contributed by atoms with Crippen LogP contribution < -0.4 is 5.32 Å². The van der Waals surface area contributed by atoms with E-state index in [4.69, 9.17) is 11.6 Å². The summed E-state index contributed by atoms with van der Waals surface area (Å²) >= 11 is 5.37. The standard InChI is InChI=1S/C11H20ClNO2/c1-10(2)3-5-11(15,6-4-10)8-13-9(14)7-12/h15H,3-8H2,1-2H3,(H,13,14). The molecular weight excluding hydrogens is 214 g/mol. The Morgan fingerprint density at radius 2 is 1.87 bits per heavy atom. The number of carbonyl (C=O) groups is 1. The first kappa shape index (κ1) is 12.8. The van der Waals surface area contributed by atoms with Gasteiger partial charge in [0.25, 0.3) is 0 Å². The monoisotopic (exact) mass is 233 g/mol. The average Bonchev–Trinajstić information content (AvgIpc) is 2.20. The van der Waals surface area contributed by atoms with Crippen LogP contribution in [0.2, 0.25) is 0 Å². The third-order valence-corrected chi connectivity index (χ3v) is 3.51. The minimum Gasteiger partial charge on any atom is -0.388 e. The van der Waals surface area contributed by atoms with Gasteiger partial charge in [-0.05, 0) is 31.1 Å². The average molecular weight is 234 g/mol. The van der Waals surface area contributed by atoms with Crippen LogP contribution in [0.5, 0.6) is 0 Å². The van der Waals surface area contributed by atoms with Crippen LogP contribution in [0.1, 0.15) is 39.5 Å². The van der Waals surface area contributed by atoms with Crippen molar-refractivity contribution in [3.05, 3.63) is 0 Å². The summed E-state index contributed by atoms with van der Waals surface area (Å²) in [5, 5.41) is 12.8. The number of aliphatic hydroxyl groups is 1. The fourth-order valence-corrected chi connectivity index (χ4v) is 1.97. The van der Waals surface area contributed by atoms with Crippen LogP contribution in [0.3, 0.4) is 0 Å². The lowest BCUT2D eigenvalue weighted by Crippen LogP contribution is -2.46. The van der Waals surface area contributed by atoms with Crippen molar-refractivity contribution in [3.8, 4) is 0 Å². The number of carbonyl (C=O) groups excluding carboxylic acids is 1. The molecule has 0 aromatic heterocycles. The molecule has 0 aromatic carbocycles. The van der Waals surface area contributed by atoms with Crippen LogP contribution in [0.25, 0.3) is 0 Å². The summed E-state index contributed by atoms with van der Waals surface area (Å²) in [6, 6.07) is 0. The van der Waals surface area contributed by atoms with Gasteiger partial charge in [0, 0.05) is 6.54 Å². The number of amides is 1. The zero-order chi connectivity index (χ0) is 11.5. The van der Waals surface area contributed by atoms with Gasteiger partial charge in [-0.25, -0.2) is 0 Å². The molecule has 0 aromatic rings. The van der Waals surface area contributed by atoms with Crippen LogP contribution in [0.4, 0.5) is 0 Å². The molecule has 15 heavy (non-hydrogen) atoms. The van der Waals surface area contributed by atoms with Crippen molar-refractivity contribution >= 4 is 17.5 Å². The predicted molar refractivity (Wildman–Crippen MR) is 60.9 cm³/mol. The highest BCUT2D eigenvalue weighted by Crippen LogP contribution is 2.39. The molecule has 1 fully saturated rings. The van der Waals surface area contributed by atoms with Gasteiger partial charge >= 0.3 is 0 Å². The summed E-state index contributed by atoms with van der Waals surface area (Å²) in [4.78, 5) is 11.0. The van der Waals surface area contributed by atoms with Gasteiger partial charge in [0.05, 0.1) is 5.60 Å². The SMILES string of the molecule is CC1(C)CCC(O)(CNC(=O)CCl)CC1. The number of hydrogen-bond donors (Lipinski definition) is 2. The predicted octanol–water partition coefficient (Wildman–Crippen LogP) is 1.67. The molecule has 0 radical (unpaired) electrons. The lowest BCUT2D eigenvalue weighted by atomic mass is 9.71. The maximum Gasteiger partial charge on any atom is 0.235 e. The second-order valence-electron chi connectivity index (χ2n) is 5.30. The molecule has 1 saturated carbocycles. The molecule has 0 bridgehead atoms. The molecular formula is C11H20ClNO2. The lowest BCUT2D eigenvalue weighted by Gasteiger charge is -2.40. The van der Waals surface area contributed by atoms with Crippen LogP contribution in [0, 0.1) is 5.41 Å². The molecule has 3 nitrogen and oxygen atoms in total. The Hall–Kier alpha value is -0.280. The first-order valence-corrected chi connectivity index (χ1v) is 5.95. The number of alkyl halides is 1. The first-order valence-electron chi connectivity index (χ1n) is 5.42. The quantitative estimate of drug-likeness (QED) is 0.729. The zero-order valence-electron chi connectivity index (χ0n) is 9.48. The smallest absolute Gasteiger partial charge is 0.235 e. The molecule has 2 N–H and O–H groups in total. The molecule has 0 unspecified atom stereocenters. The van der Waals surface area contributed by atoms with E-state index < -0.39 is 5.60 Å². The van der Waals surface area contributed by atoms with Crippen LogP contribution >= 0.6 is 11.6 Å². The normalized spacial score (nSPS) is 23.5. The third-order valence-electron chi connectivity index (χ3n) is 3.27. The van der Waals surface area contributed by atoms with E-state index in [9.17, 15) is 9.90 Å². The van der Waals surface area contributed by atoms with Gasteiger partial charge in [-0.2, -0.15) is 0 Å². The highest BCUT2D eigenvalue weighted by atomic mass is 35.5. The van der Waals surface area contributed by atoms with E-state index >= 15 is 0 Å². The van der Waals surface area contributed by atoms with E-state index in [0.717, 1.165) is 25.7 Å². The van der Waals surface area contributed by atoms with Gasteiger partial charge in [-0.1, -0.05) is 13.8 Å². The molecule has 0 saturated heterocycles. The molecule has 0 heterocycles. The number of nitrogens with one attached hydrogen (secondary N) is 1. The molecule has 1 aliphatic rings. The molecule has 1 rings (SSSR count). The van der Waals surface area contributed by atoms with E-state index in [1.54, 1.807) is 0 Å². The van der Waals surface area contributed by atoms with Crippen LogP contribution in [-0.2, 0) is 4.79 Å². The third kappa shape index (κ3) is 3.99. The Morgan fingerprint density at radius 1 is 1.33 bits per heavy atom. The van der Waals surface area contributed by atoms with E-state index in [1.165, 1.54) is 0 Å².